The molecule has 2 amide bonds. The van der Waals surface area contributed by atoms with Gasteiger partial charge < -0.3 is 14.5 Å². The van der Waals surface area contributed by atoms with Gasteiger partial charge in [-0.3, -0.25) is 9.59 Å². The Morgan fingerprint density at radius 1 is 1.00 bits per heavy atom. The molecule has 6 nitrogen and oxygen atoms in total. The summed E-state index contributed by atoms with van der Waals surface area (Å²) < 4.78 is 6.48. The maximum atomic E-state index is 12.9. The van der Waals surface area contributed by atoms with Crippen molar-refractivity contribution in [2.45, 2.75) is 19.3 Å². The first kappa shape index (κ1) is 20.3. The number of nitrogens with zero attached hydrogens (tertiary/aromatic N) is 3. The normalized spacial score (nSPS) is 14.6. The van der Waals surface area contributed by atoms with Crippen LogP contribution in [0.3, 0.4) is 0 Å². The lowest BCUT2D eigenvalue weighted by Gasteiger charge is -2.23. The Bertz CT molecular complexity index is 1020. The fourth-order valence-electron chi connectivity index (χ4n) is 3.76. The fourth-order valence-corrected chi connectivity index (χ4v) is 4.73. The van der Waals surface area contributed by atoms with Gasteiger partial charge in [0.2, 0.25) is 5.91 Å². The van der Waals surface area contributed by atoms with Gasteiger partial charge in [0.1, 0.15) is 5.75 Å². The standard InChI is InChI=1S/C23H25N3O3S/c1-29-19-9-4-2-7-17(19)23(28)26-14-6-13-25(15-16-26)22(27)12-11-21-24-18-8-3-5-10-20(18)30-21/h2-5,7-10H,6,11-16H2,1H3. The number of carbonyl (C=O) groups excluding carboxylic acids is 2. The summed E-state index contributed by atoms with van der Waals surface area (Å²) in [6.07, 6.45) is 1.87. The van der Waals surface area contributed by atoms with Crippen LogP contribution >= 0.6 is 11.3 Å². The maximum absolute atomic E-state index is 12.9. The Balaban J connectivity index is 1.34. The molecule has 30 heavy (non-hydrogen) atoms. The zero-order valence-electron chi connectivity index (χ0n) is 17.0. The van der Waals surface area contributed by atoms with Crippen molar-refractivity contribution in [3.8, 4) is 5.75 Å². The summed E-state index contributed by atoms with van der Waals surface area (Å²) in [4.78, 5) is 34.0. The number of hydrogen-bond donors (Lipinski definition) is 0. The molecule has 156 valence electrons. The highest BCUT2D eigenvalue weighted by molar-refractivity contribution is 7.18. The van der Waals surface area contributed by atoms with Crippen molar-refractivity contribution in [2.75, 3.05) is 33.3 Å². The highest BCUT2D eigenvalue weighted by Gasteiger charge is 2.24. The molecule has 0 aliphatic carbocycles. The summed E-state index contributed by atoms with van der Waals surface area (Å²) >= 11 is 1.65. The van der Waals surface area contributed by atoms with Crippen molar-refractivity contribution in [3.05, 3.63) is 59.1 Å². The number of hydrogen-bond acceptors (Lipinski definition) is 5. The molecule has 0 N–H and O–H groups in total. The van der Waals surface area contributed by atoms with Crippen molar-refractivity contribution in [1.82, 2.24) is 14.8 Å². The largest absolute Gasteiger partial charge is 0.496 e. The van der Waals surface area contributed by atoms with E-state index in [0.717, 1.165) is 21.6 Å². The Kier molecular flexibility index (Phi) is 6.28. The molecule has 1 aromatic heterocycles. The van der Waals surface area contributed by atoms with Gasteiger partial charge in [0.25, 0.3) is 5.91 Å². The first-order valence-electron chi connectivity index (χ1n) is 10.2. The van der Waals surface area contributed by atoms with E-state index in [1.807, 2.05) is 40.1 Å². The van der Waals surface area contributed by atoms with Crippen molar-refractivity contribution in [2.24, 2.45) is 0 Å². The minimum atomic E-state index is -0.0452. The van der Waals surface area contributed by atoms with Crippen LogP contribution in [0.2, 0.25) is 0 Å². The van der Waals surface area contributed by atoms with Gasteiger partial charge in [0.05, 0.1) is 27.9 Å². The summed E-state index contributed by atoms with van der Waals surface area (Å²) in [5, 5.41) is 0.993. The van der Waals surface area contributed by atoms with Gasteiger partial charge in [-0.2, -0.15) is 0 Å². The molecular formula is C23H25N3O3S. The Labute approximate surface area is 180 Å². The van der Waals surface area contributed by atoms with Gasteiger partial charge in [-0.15, -0.1) is 11.3 Å². The number of benzene rings is 2. The zero-order chi connectivity index (χ0) is 20.9. The molecule has 0 atom stereocenters. The van der Waals surface area contributed by atoms with Crippen molar-refractivity contribution >= 4 is 33.4 Å². The van der Waals surface area contributed by atoms with Gasteiger partial charge in [0, 0.05) is 39.0 Å². The summed E-state index contributed by atoms with van der Waals surface area (Å²) in [7, 11) is 1.57. The van der Waals surface area contributed by atoms with Crippen LogP contribution < -0.4 is 4.74 Å². The van der Waals surface area contributed by atoms with Crippen molar-refractivity contribution < 1.29 is 14.3 Å². The van der Waals surface area contributed by atoms with E-state index in [4.69, 9.17) is 4.74 Å². The van der Waals surface area contributed by atoms with E-state index in [-0.39, 0.29) is 11.8 Å². The molecule has 2 heterocycles. The number of thiazole rings is 1. The lowest BCUT2D eigenvalue weighted by atomic mass is 10.1. The molecule has 0 spiro atoms. The second-order valence-corrected chi connectivity index (χ2v) is 8.42. The third-order valence-electron chi connectivity index (χ3n) is 5.36. The average Bonchev–Trinajstić information content (AvgIpc) is 3.04. The van der Waals surface area contributed by atoms with Crippen LogP contribution in [0.5, 0.6) is 5.75 Å². The highest BCUT2D eigenvalue weighted by Crippen LogP contribution is 2.23. The number of methoxy groups -OCH3 is 1. The lowest BCUT2D eigenvalue weighted by molar-refractivity contribution is -0.131. The molecular weight excluding hydrogens is 398 g/mol. The number of para-hydroxylation sites is 2. The van der Waals surface area contributed by atoms with Crippen molar-refractivity contribution in [1.29, 1.82) is 0 Å². The molecule has 0 bridgehead atoms. The van der Waals surface area contributed by atoms with Crippen LogP contribution in [0.25, 0.3) is 10.2 Å². The predicted octanol–water partition coefficient (Wildman–Crippen LogP) is 3.61. The van der Waals surface area contributed by atoms with E-state index in [2.05, 4.69) is 11.1 Å². The minimum absolute atomic E-state index is 0.0452. The Morgan fingerprint density at radius 2 is 1.73 bits per heavy atom. The smallest absolute Gasteiger partial charge is 0.257 e. The minimum Gasteiger partial charge on any atom is -0.496 e. The molecule has 4 rings (SSSR count). The highest BCUT2D eigenvalue weighted by atomic mass is 32.1. The lowest BCUT2D eigenvalue weighted by Crippen LogP contribution is -2.37. The molecule has 0 saturated carbocycles. The molecule has 1 aliphatic heterocycles. The molecule has 0 radical (unpaired) electrons. The van der Waals surface area contributed by atoms with E-state index >= 15 is 0 Å². The number of carbonyl (C=O) groups is 2. The predicted molar refractivity (Wildman–Crippen MR) is 118 cm³/mol. The number of aromatic nitrogens is 1. The van der Waals surface area contributed by atoms with E-state index in [1.54, 1.807) is 30.6 Å². The van der Waals surface area contributed by atoms with Gasteiger partial charge in [-0.1, -0.05) is 24.3 Å². The maximum Gasteiger partial charge on any atom is 0.257 e. The van der Waals surface area contributed by atoms with E-state index in [1.165, 1.54) is 0 Å². The van der Waals surface area contributed by atoms with Gasteiger partial charge in [-0.05, 0) is 30.7 Å². The third kappa shape index (κ3) is 4.46. The van der Waals surface area contributed by atoms with Gasteiger partial charge >= 0.3 is 0 Å². The Morgan fingerprint density at radius 3 is 2.57 bits per heavy atom. The van der Waals surface area contributed by atoms with E-state index in [0.29, 0.717) is 50.3 Å². The summed E-state index contributed by atoms with van der Waals surface area (Å²) in [5.74, 6) is 0.660. The fraction of sp³-hybridized carbons (Fsp3) is 0.348. The first-order valence-corrected chi connectivity index (χ1v) is 11.0. The molecule has 1 aliphatic rings. The topological polar surface area (TPSA) is 62.7 Å². The van der Waals surface area contributed by atoms with Crippen molar-refractivity contribution in [3.63, 3.8) is 0 Å². The van der Waals surface area contributed by atoms with Crippen LogP contribution in [0.4, 0.5) is 0 Å². The second kappa shape index (κ2) is 9.26. The van der Waals surface area contributed by atoms with E-state index < -0.39 is 0 Å². The monoisotopic (exact) mass is 423 g/mol. The zero-order valence-corrected chi connectivity index (χ0v) is 17.9. The molecule has 3 aromatic rings. The number of rotatable bonds is 5. The van der Waals surface area contributed by atoms with Gasteiger partial charge in [-0.25, -0.2) is 4.98 Å². The van der Waals surface area contributed by atoms with E-state index in [9.17, 15) is 9.59 Å². The second-order valence-electron chi connectivity index (χ2n) is 7.30. The SMILES string of the molecule is COc1ccccc1C(=O)N1CCCN(C(=O)CCc2nc3ccccc3s2)CC1. The molecule has 1 saturated heterocycles. The van der Waals surface area contributed by atoms with Crippen LogP contribution in [0, 0.1) is 0 Å². The molecule has 0 unspecified atom stereocenters. The van der Waals surface area contributed by atoms with Crippen LogP contribution in [-0.2, 0) is 11.2 Å². The summed E-state index contributed by atoms with van der Waals surface area (Å²) in [6, 6.07) is 15.3. The molecule has 2 aromatic carbocycles. The summed E-state index contributed by atoms with van der Waals surface area (Å²) in [6.45, 7) is 2.40. The average molecular weight is 424 g/mol. The number of amides is 2. The van der Waals surface area contributed by atoms with Crippen LogP contribution in [-0.4, -0.2) is 59.9 Å². The third-order valence-corrected chi connectivity index (χ3v) is 6.46. The van der Waals surface area contributed by atoms with Crippen LogP contribution in [0.1, 0.15) is 28.2 Å². The van der Waals surface area contributed by atoms with Gasteiger partial charge in [0.15, 0.2) is 0 Å². The molecule has 1 fully saturated rings. The Hall–Kier alpha value is -2.93. The number of ether oxygens (including phenoxy) is 1. The van der Waals surface area contributed by atoms with Crippen LogP contribution in [0.15, 0.2) is 48.5 Å². The summed E-state index contributed by atoms with van der Waals surface area (Å²) in [5.41, 5.74) is 1.56. The number of aryl methyl sites for hydroxylation is 1. The quantitative estimate of drug-likeness (QED) is 0.629. The first-order chi connectivity index (χ1) is 14.7. The number of fused-ring (bicyclic) bond motifs is 1. The molecule has 7 heteroatoms.